The second-order valence-electron chi connectivity index (χ2n) is 4.45. The molecule has 0 spiro atoms. The van der Waals surface area contributed by atoms with Gasteiger partial charge in [-0.3, -0.25) is 0 Å². The maximum atomic E-state index is 12.1. The molecule has 0 aliphatic rings. The number of ether oxygens (including phenoxy) is 1. The first-order chi connectivity index (χ1) is 11.3. The molecule has 2 aromatic rings. The Labute approximate surface area is 139 Å². The van der Waals surface area contributed by atoms with Gasteiger partial charge in [0.25, 0.3) is 0 Å². The largest absolute Gasteiger partial charge is 0.573 e. The summed E-state index contributed by atoms with van der Waals surface area (Å²) < 4.78 is 39.9. The molecule has 0 bridgehead atoms. The fourth-order valence-corrected chi connectivity index (χ4v) is 1.91. The van der Waals surface area contributed by atoms with Gasteiger partial charge in [0.05, 0.1) is 11.3 Å². The molecule has 24 heavy (non-hydrogen) atoms. The average molecular weight is 356 g/mol. The summed E-state index contributed by atoms with van der Waals surface area (Å²) in [6.45, 7) is 0. The van der Waals surface area contributed by atoms with Crippen molar-refractivity contribution in [1.29, 1.82) is 5.26 Å². The maximum absolute atomic E-state index is 12.1. The van der Waals surface area contributed by atoms with Crippen molar-refractivity contribution in [2.24, 2.45) is 0 Å². The van der Waals surface area contributed by atoms with Crippen LogP contribution >= 0.6 is 11.6 Å². The van der Waals surface area contributed by atoms with E-state index in [2.05, 4.69) is 15.4 Å². The van der Waals surface area contributed by atoms with Crippen LogP contribution in [0.5, 0.6) is 5.75 Å². The molecule has 0 heterocycles. The predicted octanol–water partition coefficient (Wildman–Crippen LogP) is 4.75. The molecule has 0 aliphatic carbocycles. The number of nitrogens with one attached hydrogen (secondary N) is 2. The molecule has 0 fully saturated rings. The molecule has 0 saturated carbocycles. The van der Waals surface area contributed by atoms with Crippen LogP contribution < -0.4 is 15.4 Å². The predicted molar refractivity (Wildman–Crippen MR) is 81.9 cm³/mol. The Hall–Kier alpha value is -2.92. The molecule has 0 aromatic heterocycles. The first kappa shape index (κ1) is 17.4. The summed E-state index contributed by atoms with van der Waals surface area (Å²) >= 11 is 5.75. The quantitative estimate of drug-likeness (QED) is 0.834. The highest BCUT2D eigenvalue weighted by atomic mass is 35.5. The van der Waals surface area contributed by atoms with Crippen LogP contribution in [0.25, 0.3) is 0 Å². The van der Waals surface area contributed by atoms with Crippen LogP contribution in [0.15, 0.2) is 42.5 Å². The lowest BCUT2D eigenvalue weighted by Gasteiger charge is -2.11. The zero-order valence-electron chi connectivity index (χ0n) is 11.8. The fourth-order valence-electron chi connectivity index (χ4n) is 1.74. The van der Waals surface area contributed by atoms with Crippen molar-refractivity contribution in [2.45, 2.75) is 6.36 Å². The number of alkyl halides is 3. The number of rotatable bonds is 3. The number of hydrogen-bond donors (Lipinski definition) is 2. The highest BCUT2D eigenvalue weighted by molar-refractivity contribution is 6.30. The Morgan fingerprint density at radius 1 is 1.12 bits per heavy atom. The van der Waals surface area contributed by atoms with Gasteiger partial charge in [0, 0.05) is 10.7 Å². The van der Waals surface area contributed by atoms with Crippen LogP contribution in [-0.2, 0) is 0 Å². The van der Waals surface area contributed by atoms with E-state index < -0.39 is 18.1 Å². The third-order valence-electron chi connectivity index (χ3n) is 2.70. The van der Waals surface area contributed by atoms with E-state index in [1.54, 1.807) is 0 Å². The van der Waals surface area contributed by atoms with E-state index in [1.165, 1.54) is 30.3 Å². The number of amides is 2. The van der Waals surface area contributed by atoms with Gasteiger partial charge in [-0.2, -0.15) is 5.26 Å². The second kappa shape index (κ2) is 7.10. The van der Waals surface area contributed by atoms with Crippen LogP contribution in [0.3, 0.4) is 0 Å². The van der Waals surface area contributed by atoms with Crippen LogP contribution in [0.2, 0.25) is 5.02 Å². The highest BCUT2D eigenvalue weighted by Gasteiger charge is 2.30. The molecular formula is C15H9ClF3N3O2. The molecule has 0 aliphatic heterocycles. The number of carbonyl (C=O) groups is 1. The first-order valence-electron chi connectivity index (χ1n) is 6.40. The third kappa shape index (κ3) is 5.07. The van der Waals surface area contributed by atoms with E-state index >= 15 is 0 Å². The Morgan fingerprint density at radius 2 is 1.79 bits per heavy atom. The number of halogens is 4. The summed E-state index contributed by atoms with van der Waals surface area (Å²) in [6.07, 6.45) is -4.78. The van der Waals surface area contributed by atoms with E-state index in [1.807, 2.05) is 6.07 Å². The summed E-state index contributed by atoms with van der Waals surface area (Å²) in [6, 6.07) is 10.2. The van der Waals surface area contributed by atoms with Crippen LogP contribution in [0.4, 0.5) is 29.3 Å². The van der Waals surface area contributed by atoms with Crippen molar-refractivity contribution in [3.63, 3.8) is 0 Å². The summed E-state index contributed by atoms with van der Waals surface area (Å²) in [4.78, 5) is 11.9. The number of urea groups is 1. The van der Waals surface area contributed by atoms with Crippen LogP contribution in [0, 0.1) is 11.3 Å². The number of hydrogen-bond acceptors (Lipinski definition) is 3. The maximum Gasteiger partial charge on any atom is 0.573 e. The van der Waals surface area contributed by atoms with Gasteiger partial charge in [-0.25, -0.2) is 4.79 Å². The van der Waals surface area contributed by atoms with Gasteiger partial charge < -0.3 is 15.4 Å². The molecule has 2 aromatic carbocycles. The molecule has 2 amide bonds. The number of anilines is 2. The molecule has 5 nitrogen and oxygen atoms in total. The van der Waals surface area contributed by atoms with Crippen LogP contribution in [-0.4, -0.2) is 12.4 Å². The molecule has 0 unspecified atom stereocenters. The molecule has 2 N–H and O–H groups in total. The van der Waals surface area contributed by atoms with Gasteiger partial charge in [0.1, 0.15) is 11.8 Å². The Balaban J connectivity index is 2.01. The lowest BCUT2D eigenvalue weighted by Crippen LogP contribution is -2.20. The Kier molecular flexibility index (Phi) is 5.16. The summed E-state index contributed by atoms with van der Waals surface area (Å²) in [5.41, 5.74) is 0.664. The number of carbonyl (C=O) groups excluding carboxylic acids is 1. The Morgan fingerprint density at radius 3 is 2.38 bits per heavy atom. The zero-order chi connectivity index (χ0) is 17.7. The van der Waals surface area contributed by atoms with Gasteiger partial charge in [-0.1, -0.05) is 11.6 Å². The molecule has 9 heteroatoms. The van der Waals surface area contributed by atoms with Gasteiger partial charge in [-0.15, -0.1) is 13.2 Å². The van der Waals surface area contributed by atoms with Crippen molar-refractivity contribution < 1.29 is 22.7 Å². The molecule has 124 valence electrons. The molecule has 2 rings (SSSR count). The zero-order valence-corrected chi connectivity index (χ0v) is 12.6. The van der Waals surface area contributed by atoms with E-state index in [0.29, 0.717) is 5.02 Å². The lowest BCUT2D eigenvalue weighted by molar-refractivity contribution is -0.274. The number of benzene rings is 2. The van der Waals surface area contributed by atoms with Gasteiger partial charge >= 0.3 is 12.4 Å². The fraction of sp³-hybridized carbons (Fsp3) is 0.0667. The summed E-state index contributed by atoms with van der Waals surface area (Å²) in [5, 5.41) is 14.2. The van der Waals surface area contributed by atoms with Crippen molar-refractivity contribution in [3.05, 3.63) is 53.1 Å². The van der Waals surface area contributed by atoms with Gasteiger partial charge in [-0.05, 0) is 42.5 Å². The van der Waals surface area contributed by atoms with E-state index in [-0.39, 0.29) is 16.9 Å². The Bertz CT molecular complexity index is 786. The van der Waals surface area contributed by atoms with Crippen LogP contribution in [0.1, 0.15) is 5.56 Å². The first-order valence-corrected chi connectivity index (χ1v) is 6.78. The molecule has 0 atom stereocenters. The summed E-state index contributed by atoms with van der Waals surface area (Å²) in [7, 11) is 0. The minimum absolute atomic E-state index is 0.173. The minimum atomic E-state index is -4.78. The molecular weight excluding hydrogens is 347 g/mol. The lowest BCUT2D eigenvalue weighted by atomic mass is 10.2. The van der Waals surface area contributed by atoms with Gasteiger partial charge in [0.2, 0.25) is 0 Å². The smallest absolute Gasteiger partial charge is 0.406 e. The van der Waals surface area contributed by atoms with Crippen molar-refractivity contribution >= 4 is 29.0 Å². The monoisotopic (exact) mass is 355 g/mol. The molecule has 0 radical (unpaired) electrons. The van der Waals surface area contributed by atoms with Gasteiger partial charge in [0.15, 0.2) is 0 Å². The third-order valence-corrected chi connectivity index (χ3v) is 2.93. The normalized spacial score (nSPS) is 10.6. The topological polar surface area (TPSA) is 74.2 Å². The minimum Gasteiger partial charge on any atom is -0.406 e. The number of nitrogens with zero attached hydrogens (tertiary/aromatic N) is 1. The van der Waals surface area contributed by atoms with E-state index in [0.717, 1.165) is 12.1 Å². The highest BCUT2D eigenvalue weighted by Crippen LogP contribution is 2.24. The van der Waals surface area contributed by atoms with Crippen molar-refractivity contribution in [3.8, 4) is 11.8 Å². The summed E-state index contributed by atoms with van der Waals surface area (Å²) in [5.74, 6) is -0.405. The second-order valence-corrected chi connectivity index (χ2v) is 4.89. The molecule has 0 saturated heterocycles. The van der Waals surface area contributed by atoms with E-state index in [4.69, 9.17) is 16.9 Å². The van der Waals surface area contributed by atoms with E-state index in [9.17, 15) is 18.0 Å². The number of nitriles is 1. The standard InChI is InChI=1S/C15H9ClF3N3O2/c16-10-1-6-13(9(7-10)8-20)22-14(23)21-11-2-4-12(5-3-11)24-15(17,18)19/h1-7H,(H2,21,22,23). The SMILES string of the molecule is N#Cc1cc(Cl)ccc1NC(=O)Nc1ccc(OC(F)(F)F)cc1. The van der Waals surface area contributed by atoms with Crippen molar-refractivity contribution in [1.82, 2.24) is 0 Å². The van der Waals surface area contributed by atoms with Crippen molar-refractivity contribution in [2.75, 3.05) is 10.6 Å². The average Bonchev–Trinajstić information content (AvgIpc) is 2.49.